The first kappa shape index (κ1) is 20.5. The third-order valence-corrected chi connectivity index (χ3v) is 4.43. The van der Waals surface area contributed by atoms with E-state index in [1.807, 2.05) is 48.5 Å². The summed E-state index contributed by atoms with van der Waals surface area (Å²) in [6, 6.07) is 18.0. The third kappa shape index (κ3) is 5.85. The van der Waals surface area contributed by atoms with Crippen molar-refractivity contribution in [2.24, 2.45) is 4.99 Å². The van der Waals surface area contributed by atoms with Gasteiger partial charge in [-0.05, 0) is 29.7 Å². The van der Waals surface area contributed by atoms with Crippen LogP contribution in [0, 0.1) is 0 Å². The molecule has 0 amide bonds. The second kappa shape index (κ2) is 10.3. The van der Waals surface area contributed by atoms with Gasteiger partial charge in [0.05, 0.1) is 18.8 Å². The number of nitrogens with zero attached hydrogens (tertiary/aromatic N) is 2. The first-order chi connectivity index (χ1) is 14.2. The Balaban J connectivity index is 1.44. The number of oxazole rings is 1. The van der Waals surface area contributed by atoms with Crippen LogP contribution in [0.4, 0.5) is 0 Å². The number of benzene rings is 2. The summed E-state index contributed by atoms with van der Waals surface area (Å²) in [4.78, 5) is 8.75. The van der Waals surface area contributed by atoms with Crippen molar-refractivity contribution in [1.82, 2.24) is 15.6 Å². The molecule has 1 aromatic heterocycles. The fourth-order valence-electron chi connectivity index (χ4n) is 2.92. The Morgan fingerprint density at radius 3 is 2.59 bits per heavy atom. The van der Waals surface area contributed by atoms with E-state index in [2.05, 4.69) is 40.5 Å². The molecular formula is C23H28N4O2. The third-order valence-electron chi connectivity index (χ3n) is 4.43. The van der Waals surface area contributed by atoms with E-state index < -0.39 is 0 Å². The molecule has 6 nitrogen and oxygen atoms in total. The van der Waals surface area contributed by atoms with Gasteiger partial charge in [0.2, 0.25) is 5.89 Å². The lowest BCUT2D eigenvalue weighted by Crippen LogP contribution is -2.39. The van der Waals surface area contributed by atoms with E-state index in [4.69, 9.17) is 9.15 Å². The second-order valence-electron chi connectivity index (χ2n) is 6.90. The second-order valence-corrected chi connectivity index (χ2v) is 6.90. The highest BCUT2D eigenvalue weighted by molar-refractivity contribution is 5.79. The zero-order chi connectivity index (χ0) is 20.5. The van der Waals surface area contributed by atoms with E-state index in [0.717, 1.165) is 17.0 Å². The molecule has 0 radical (unpaired) electrons. The molecule has 3 aromatic rings. The van der Waals surface area contributed by atoms with Crippen LogP contribution < -0.4 is 15.4 Å². The van der Waals surface area contributed by atoms with Gasteiger partial charge in [0.1, 0.15) is 18.6 Å². The summed E-state index contributed by atoms with van der Waals surface area (Å²) in [5, 5.41) is 6.49. The van der Waals surface area contributed by atoms with Crippen LogP contribution in [-0.4, -0.2) is 31.1 Å². The van der Waals surface area contributed by atoms with E-state index in [1.54, 1.807) is 13.3 Å². The highest BCUT2D eigenvalue weighted by Gasteiger charge is 2.08. The molecule has 2 aromatic carbocycles. The van der Waals surface area contributed by atoms with Crippen molar-refractivity contribution in [2.45, 2.75) is 26.3 Å². The number of rotatable bonds is 8. The van der Waals surface area contributed by atoms with Crippen LogP contribution in [0.3, 0.4) is 0 Å². The molecule has 152 valence electrons. The van der Waals surface area contributed by atoms with Crippen LogP contribution in [0.5, 0.6) is 5.75 Å². The molecule has 0 saturated heterocycles. The lowest BCUT2D eigenvalue weighted by molar-refractivity contribution is 0.317. The van der Waals surface area contributed by atoms with E-state index in [1.165, 1.54) is 5.56 Å². The largest absolute Gasteiger partial charge is 0.491 e. The molecule has 0 spiro atoms. The number of hydrogen-bond donors (Lipinski definition) is 2. The lowest BCUT2D eigenvalue weighted by atomic mass is 10.0. The van der Waals surface area contributed by atoms with Gasteiger partial charge in [0.25, 0.3) is 0 Å². The average Bonchev–Trinajstić information content (AvgIpc) is 3.23. The van der Waals surface area contributed by atoms with Gasteiger partial charge in [0.15, 0.2) is 5.96 Å². The molecule has 6 heteroatoms. The Kier molecular flexibility index (Phi) is 7.28. The Morgan fingerprint density at radius 1 is 1.07 bits per heavy atom. The van der Waals surface area contributed by atoms with Gasteiger partial charge in [-0.25, -0.2) is 4.98 Å². The molecule has 0 saturated carbocycles. The molecule has 0 aliphatic rings. The minimum atomic E-state index is 0.428. The summed E-state index contributed by atoms with van der Waals surface area (Å²) < 4.78 is 11.5. The summed E-state index contributed by atoms with van der Waals surface area (Å²) in [6.45, 7) is 6.04. The summed E-state index contributed by atoms with van der Waals surface area (Å²) in [5.74, 6) is 2.66. The fraction of sp³-hybridized carbons (Fsp3) is 0.304. The zero-order valence-electron chi connectivity index (χ0n) is 17.2. The molecule has 0 fully saturated rings. The van der Waals surface area contributed by atoms with Crippen molar-refractivity contribution >= 4 is 5.96 Å². The fourth-order valence-corrected chi connectivity index (χ4v) is 2.92. The van der Waals surface area contributed by atoms with Crippen molar-refractivity contribution in [3.8, 4) is 17.2 Å². The predicted octanol–water partition coefficient (Wildman–Crippen LogP) is 4.21. The molecule has 2 N–H and O–H groups in total. The number of nitrogens with one attached hydrogen (secondary N) is 2. The van der Waals surface area contributed by atoms with E-state index in [9.17, 15) is 0 Å². The highest BCUT2D eigenvalue weighted by atomic mass is 16.5. The molecule has 3 rings (SSSR count). The zero-order valence-corrected chi connectivity index (χ0v) is 17.2. The molecular weight excluding hydrogens is 364 g/mol. The van der Waals surface area contributed by atoms with E-state index >= 15 is 0 Å². The molecule has 0 aliphatic carbocycles. The number of aliphatic imine (C=N–C) groups is 1. The summed E-state index contributed by atoms with van der Waals surface area (Å²) in [6.07, 6.45) is 1.66. The smallest absolute Gasteiger partial charge is 0.226 e. The van der Waals surface area contributed by atoms with E-state index in [0.29, 0.717) is 37.5 Å². The minimum absolute atomic E-state index is 0.428. The normalized spacial score (nSPS) is 11.5. The van der Waals surface area contributed by atoms with E-state index in [-0.39, 0.29) is 0 Å². The number of para-hydroxylation sites is 1. The van der Waals surface area contributed by atoms with Crippen LogP contribution in [0.25, 0.3) is 11.5 Å². The molecule has 29 heavy (non-hydrogen) atoms. The van der Waals surface area contributed by atoms with Crippen LogP contribution in [0.15, 0.2) is 70.3 Å². The minimum Gasteiger partial charge on any atom is -0.491 e. The van der Waals surface area contributed by atoms with Gasteiger partial charge in [-0.3, -0.25) is 4.99 Å². The van der Waals surface area contributed by atoms with Crippen LogP contribution in [-0.2, 0) is 6.54 Å². The van der Waals surface area contributed by atoms with Gasteiger partial charge in [-0.2, -0.15) is 0 Å². The van der Waals surface area contributed by atoms with Crippen molar-refractivity contribution < 1.29 is 9.15 Å². The van der Waals surface area contributed by atoms with Crippen molar-refractivity contribution in [3.63, 3.8) is 0 Å². The number of aromatic nitrogens is 1. The van der Waals surface area contributed by atoms with Crippen LogP contribution in [0.2, 0.25) is 0 Å². The average molecular weight is 393 g/mol. The number of guanidine groups is 1. The molecule has 0 atom stereocenters. The molecule has 0 aliphatic heterocycles. The Morgan fingerprint density at radius 2 is 1.83 bits per heavy atom. The van der Waals surface area contributed by atoms with Gasteiger partial charge in [0, 0.05) is 12.6 Å². The van der Waals surface area contributed by atoms with Gasteiger partial charge in [-0.1, -0.05) is 50.2 Å². The van der Waals surface area contributed by atoms with Crippen LogP contribution in [0.1, 0.15) is 31.0 Å². The van der Waals surface area contributed by atoms with Crippen molar-refractivity contribution in [1.29, 1.82) is 0 Å². The first-order valence-electron chi connectivity index (χ1n) is 9.83. The number of hydrogen-bond acceptors (Lipinski definition) is 4. The SMILES string of the molecule is CN=C(NCCOc1ccccc1C(C)C)NCc1coc(-c2ccccc2)n1. The predicted molar refractivity (Wildman–Crippen MR) is 116 cm³/mol. The maximum absolute atomic E-state index is 5.94. The van der Waals surface area contributed by atoms with Crippen molar-refractivity contribution in [3.05, 3.63) is 72.1 Å². The first-order valence-corrected chi connectivity index (χ1v) is 9.83. The quantitative estimate of drug-likeness (QED) is 0.341. The maximum atomic E-state index is 5.94. The monoisotopic (exact) mass is 392 g/mol. The van der Waals surface area contributed by atoms with Gasteiger partial charge >= 0.3 is 0 Å². The van der Waals surface area contributed by atoms with Gasteiger partial charge in [-0.15, -0.1) is 0 Å². The summed E-state index contributed by atoms with van der Waals surface area (Å²) in [7, 11) is 1.74. The number of ether oxygens (including phenoxy) is 1. The molecule has 1 heterocycles. The lowest BCUT2D eigenvalue weighted by Gasteiger charge is -2.15. The maximum Gasteiger partial charge on any atom is 0.226 e. The Labute approximate surface area is 172 Å². The topological polar surface area (TPSA) is 71.7 Å². The van der Waals surface area contributed by atoms with Crippen molar-refractivity contribution in [2.75, 3.05) is 20.2 Å². The molecule has 0 bridgehead atoms. The Hall–Kier alpha value is -3.28. The highest BCUT2D eigenvalue weighted by Crippen LogP contribution is 2.25. The summed E-state index contributed by atoms with van der Waals surface area (Å²) in [5.41, 5.74) is 2.99. The standard InChI is InChI=1S/C23H28N4O2/c1-17(2)20-11-7-8-12-21(20)28-14-13-25-23(24-3)26-15-19-16-29-22(27-19)18-9-5-4-6-10-18/h4-12,16-17H,13-15H2,1-3H3,(H2,24,25,26). The van der Waals surface area contributed by atoms with Gasteiger partial charge < -0.3 is 19.8 Å². The summed E-state index contributed by atoms with van der Waals surface area (Å²) >= 11 is 0. The Bertz CT molecular complexity index is 919. The van der Waals surface area contributed by atoms with Crippen LogP contribution >= 0.6 is 0 Å². The molecule has 0 unspecified atom stereocenters.